The van der Waals surface area contributed by atoms with Crippen LogP contribution in [0.15, 0.2) is 164 Å². The Bertz CT molecular complexity index is 3170. The molecule has 0 N–H and O–H groups in total. The van der Waals surface area contributed by atoms with Crippen molar-refractivity contribution >= 4 is 85.8 Å². The van der Waals surface area contributed by atoms with E-state index in [2.05, 4.69) is 168 Å². The van der Waals surface area contributed by atoms with Crippen molar-refractivity contribution < 1.29 is 0 Å². The van der Waals surface area contributed by atoms with Crippen molar-refractivity contribution in [2.24, 2.45) is 0 Å². The van der Waals surface area contributed by atoms with Crippen LogP contribution in [0.3, 0.4) is 0 Å². The van der Waals surface area contributed by atoms with E-state index in [1.807, 2.05) is 11.3 Å². The van der Waals surface area contributed by atoms with Crippen LogP contribution in [0.1, 0.15) is 0 Å². The Labute approximate surface area is 291 Å². The molecule has 3 aromatic heterocycles. The van der Waals surface area contributed by atoms with Crippen LogP contribution in [-0.4, -0.2) is 14.5 Å². The molecule has 0 amide bonds. The molecule has 0 unspecified atom stereocenters. The minimum absolute atomic E-state index is 0.728. The minimum atomic E-state index is 0.728. The second-order valence-corrected chi connectivity index (χ2v) is 14.1. The largest absolute Gasteiger partial charge is 0.309 e. The molecule has 50 heavy (non-hydrogen) atoms. The summed E-state index contributed by atoms with van der Waals surface area (Å²) >= 11 is 1.83. The molecule has 0 bridgehead atoms. The zero-order valence-electron chi connectivity index (χ0n) is 26.8. The Morgan fingerprint density at radius 1 is 0.420 bits per heavy atom. The van der Waals surface area contributed by atoms with Gasteiger partial charge in [-0.05, 0) is 64.7 Å². The molecule has 0 aliphatic carbocycles. The zero-order valence-corrected chi connectivity index (χ0v) is 27.7. The molecule has 0 saturated carbocycles. The summed E-state index contributed by atoms with van der Waals surface area (Å²) < 4.78 is 4.99. The van der Waals surface area contributed by atoms with Crippen molar-refractivity contribution in [1.82, 2.24) is 14.5 Å². The lowest BCUT2D eigenvalue weighted by Gasteiger charge is -2.15. The van der Waals surface area contributed by atoms with Gasteiger partial charge in [0.25, 0.3) is 0 Å². The first-order chi connectivity index (χ1) is 24.8. The van der Waals surface area contributed by atoms with Gasteiger partial charge in [-0.15, -0.1) is 11.3 Å². The van der Waals surface area contributed by atoms with Crippen LogP contribution < -0.4 is 0 Å². The Balaban J connectivity index is 1.15. The van der Waals surface area contributed by atoms with Gasteiger partial charge in [0.15, 0.2) is 5.82 Å². The maximum Gasteiger partial charge on any atom is 0.161 e. The van der Waals surface area contributed by atoms with Crippen molar-refractivity contribution in [1.29, 1.82) is 0 Å². The first kappa shape index (κ1) is 27.6. The average Bonchev–Trinajstić information content (AvgIpc) is 3.71. The van der Waals surface area contributed by atoms with Crippen LogP contribution in [0.2, 0.25) is 0 Å². The van der Waals surface area contributed by atoms with E-state index in [-0.39, 0.29) is 0 Å². The Morgan fingerprint density at radius 3 is 1.98 bits per heavy atom. The lowest BCUT2D eigenvalue weighted by molar-refractivity contribution is 1.19. The summed E-state index contributed by atoms with van der Waals surface area (Å²) in [4.78, 5) is 10.6. The number of para-hydroxylation sites is 2. The fraction of sp³-hybridized carbons (Fsp3) is 0. The van der Waals surface area contributed by atoms with Crippen LogP contribution in [0.25, 0.3) is 103 Å². The van der Waals surface area contributed by atoms with Gasteiger partial charge in [0.1, 0.15) is 0 Å². The second-order valence-electron chi connectivity index (χ2n) is 13.0. The molecule has 232 valence electrons. The lowest BCUT2D eigenvalue weighted by atomic mass is 10.0. The molecule has 0 atom stereocenters. The Kier molecular flexibility index (Phi) is 5.83. The van der Waals surface area contributed by atoms with Crippen molar-refractivity contribution in [3.63, 3.8) is 0 Å². The Hall–Kier alpha value is -6.36. The highest BCUT2D eigenvalue weighted by molar-refractivity contribution is 7.25. The average molecular weight is 654 g/mol. The van der Waals surface area contributed by atoms with E-state index in [4.69, 9.17) is 9.97 Å². The number of rotatable bonds is 3. The number of aromatic nitrogens is 3. The number of benzene rings is 8. The highest BCUT2D eigenvalue weighted by Crippen LogP contribution is 2.41. The predicted octanol–water partition coefficient (Wildman–Crippen LogP) is 12.7. The van der Waals surface area contributed by atoms with E-state index in [0.29, 0.717) is 0 Å². The zero-order chi connectivity index (χ0) is 32.8. The number of nitrogens with zero attached hydrogens (tertiary/aromatic N) is 3. The third-order valence-corrected chi connectivity index (χ3v) is 11.3. The van der Waals surface area contributed by atoms with Gasteiger partial charge in [-0.2, -0.15) is 0 Å². The van der Waals surface area contributed by atoms with E-state index in [1.54, 1.807) is 0 Å². The van der Waals surface area contributed by atoms with Gasteiger partial charge in [0.05, 0.1) is 27.9 Å². The highest BCUT2D eigenvalue weighted by Gasteiger charge is 2.19. The highest BCUT2D eigenvalue weighted by atomic mass is 32.1. The molecule has 8 aromatic carbocycles. The third-order valence-electron chi connectivity index (χ3n) is 10.2. The fourth-order valence-corrected chi connectivity index (χ4v) is 9.02. The fourth-order valence-electron chi connectivity index (χ4n) is 7.88. The van der Waals surface area contributed by atoms with Gasteiger partial charge >= 0.3 is 0 Å². The predicted molar refractivity (Wildman–Crippen MR) is 213 cm³/mol. The second kappa shape index (κ2) is 10.6. The molecule has 0 spiro atoms. The van der Waals surface area contributed by atoms with E-state index >= 15 is 0 Å². The molecule has 3 heterocycles. The molecular formula is C46H27N3S. The maximum atomic E-state index is 5.37. The van der Waals surface area contributed by atoms with Crippen LogP contribution in [0, 0.1) is 0 Å². The number of hydrogen-bond acceptors (Lipinski definition) is 3. The molecule has 4 heteroatoms. The van der Waals surface area contributed by atoms with Crippen molar-refractivity contribution in [2.75, 3.05) is 0 Å². The van der Waals surface area contributed by atoms with Gasteiger partial charge < -0.3 is 4.57 Å². The number of thiophene rings is 1. The minimum Gasteiger partial charge on any atom is -0.309 e. The summed E-state index contributed by atoms with van der Waals surface area (Å²) in [5, 5.41) is 10.9. The molecule has 3 nitrogen and oxygen atoms in total. The lowest BCUT2D eigenvalue weighted by Crippen LogP contribution is -1.99. The van der Waals surface area contributed by atoms with Gasteiger partial charge in [-0.1, -0.05) is 115 Å². The first-order valence-corrected chi connectivity index (χ1v) is 17.7. The number of hydrogen-bond donors (Lipinski definition) is 0. The number of fused-ring (bicyclic) bond motifs is 9. The molecular weight excluding hydrogens is 627 g/mol. The van der Waals surface area contributed by atoms with E-state index in [9.17, 15) is 0 Å². The summed E-state index contributed by atoms with van der Waals surface area (Å²) in [5.41, 5.74) is 7.54. The molecule has 11 aromatic rings. The van der Waals surface area contributed by atoms with Crippen LogP contribution in [-0.2, 0) is 0 Å². The van der Waals surface area contributed by atoms with Crippen molar-refractivity contribution in [3.05, 3.63) is 164 Å². The smallest absolute Gasteiger partial charge is 0.161 e. The SMILES string of the molecule is c1ccc2cc3c(cc2c1)c1ccccc1n3-c1ccc(-c2nc(-c3ccc4c(c3)sc3ccccc34)c3ccccc3n2)c2ccccc12. The monoisotopic (exact) mass is 653 g/mol. The third kappa shape index (κ3) is 4.03. The van der Waals surface area contributed by atoms with E-state index in [0.717, 1.165) is 50.0 Å². The van der Waals surface area contributed by atoms with Crippen molar-refractivity contribution in [2.45, 2.75) is 0 Å². The summed E-state index contributed by atoms with van der Waals surface area (Å²) in [6.07, 6.45) is 0. The van der Waals surface area contributed by atoms with Gasteiger partial charge in [0.2, 0.25) is 0 Å². The van der Waals surface area contributed by atoms with Crippen LogP contribution in [0.5, 0.6) is 0 Å². The molecule has 0 aliphatic rings. The van der Waals surface area contributed by atoms with Gasteiger partial charge in [-0.3, -0.25) is 0 Å². The van der Waals surface area contributed by atoms with Gasteiger partial charge in [0, 0.05) is 52.8 Å². The van der Waals surface area contributed by atoms with Gasteiger partial charge in [-0.25, -0.2) is 9.97 Å². The standard InChI is InChI=1S/C46H27N3S/c1-2-12-29-26-42-38(25-28(29)11-1)33-15-6-9-19-40(33)49(42)41-24-23-36(31-13-3-4-14-32(31)41)46-47-39-18-8-5-17-37(39)45(48-46)30-21-22-35-34-16-7-10-20-43(34)50-44(35)27-30/h1-27H. The van der Waals surface area contributed by atoms with Crippen molar-refractivity contribution in [3.8, 4) is 28.3 Å². The van der Waals surface area contributed by atoms with E-state index in [1.165, 1.54) is 52.8 Å². The summed E-state index contributed by atoms with van der Waals surface area (Å²) in [7, 11) is 0. The molecule has 0 saturated heterocycles. The summed E-state index contributed by atoms with van der Waals surface area (Å²) in [6.45, 7) is 0. The van der Waals surface area contributed by atoms with E-state index < -0.39 is 0 Å². The molecule has 0 radical (unpaired) electrons. The maximum absolute atomic E-state index is 5.37. The Morgan fingerprint density at radius 2 is 1.10 bits per heavy atom. The van der Waals surface area contributed by atoms with Crippen LogP contribution in [0.4, 0.5) is 0 Å². The normalized spacial score (nSPS) is 12.0. The van der Waals surface area contributed by atoms with Crippen LogP contribution >= 0.6 is 11.3 Å². The molecule has 0 fully saturated rings. The summed E-state index contributed by atoms with van der Waals surface area (Å²) in [5.74, 6) is 0.728. The molecule has 11 rings (SSSR count). The summed E-state index contributed by atoms with van der Waals surface area (Å²) in [6, 6.07) is 58.9. The topological polar surface area (TPSA) is 30.7 Å². The molecule has 0 aliphatic heterocycles. The quantitative estimate of drug-likeness (QED) is 0.190. The first-order valence-electron chi connectivity index (χ1n) is 16.9.